The Morgan fingerprint density at radius 2 is 1.58 bits per heavy atom. The van der Waals surface area contributed by atoms with Gasteiger partial charge in [0.15, 0.2) is 0 Å². The van der Waals surface area contributed by atoms with Crippen LogP contribution in [0.5, 0.6) is 0 Å². The lowest BCUT2D eigenvalue weighted by Gasteiger charge is -2.34. The van der Waals surface area contributed by atoms with Gasteiger partial charge in [-0.2, -0.15) is 0 Å². The number of nitrogens with zero attached hydrogens (tertiary/aromatic N) is 3. The first-order valence-corrected chi connectivity index (χ1v) is 14.5. The zero-order valence-electron chi connectivity index (χ0n) is 22.6. The topological polar surface area (TPSA) is 30.7 Å². The fourth-order valence-corrected chi connectivity index (χ4v) is 8.51. The average molecular weight is 514 g/mol. The lowest BCUT2D eigenvalue weighted by molar-refractivity contribution is 0.227. The highest BCUT2D eigenvalue weighted by atomic mass is 32.1. The van der Waals surface area contributed by atoms with Gasteiger partial charge in [0.2, 0.25) is 0 Å². The largest absolute Gasteiger partial charge is 0.309 e. The van der Waals surface area contributed by atoms with E-state index in [4.69, 9.17) is 9.97 Å². The van der Waals surface area contributed by atoms with Crippen LogP contribution < -0.4 is 0 Å². The van der Waals surface area contributed by atoms with E-state index in [2.05, 4.69) is 106 Å². The minimum absolute atomic E-state index is 0.124. The number of para-hydroxylation sites is 1. The summed E-state index contributed by atoms with van der Waals surface area (Å²) in [7, 11) is 0. The van der Waals surface area contributed by atoms with Crippen LogP contribution in [0.25, 0.3) is 49.0 Å². The summed E-state index contributed by atoms with van der Waals surface area (Å²) in [4.78, 5) is 13.3. The van der Waals surface area contributed by atoms with Crippen molar-refractivity contribution in [2.75, 3.05) is 0 Å². The van der Waals surface area contributed by atoms with Crippen molar-refractivity contribution in [3.05, 3.63) is 88.6 Å². The first kappa shape index (κ1) is 22.5. The van der Waals surface area contributed by atoms with Crippen LogP contribution in [0.15, 0.2) is 66.7 Å². The maximum absolute atomic E-state index is 5.43. The number of aromatic nitrogens is 3. The summed E-state index contributed by atoms with van der Waals surface area (Å²) in [6.45, 7) is 11.7. The molecule has 1 saturated carbocycles. The molecule has 8 rings (SSSR count). The SMILES string of the molecule is Cc1ccc2c(c1)c1cc(-c3sc(C)c4nc5c(nc34)C3CCC5(C)C3(C)C)ccc1n2-c1ccccc1. The molecule has 0 spiro atoms. The molecule has 6 aromatic rings. The number of hydrogen-bond acceptors (Lipinski definition) is 3. The number of benzene rings is 3. The van der Waals surface area contributed by atoms with E-state index in [0.717, 1.165) is 11.0 Å². The van der Waals surface area contributed by atoms with Gasteiger partial charge in [-0.15, -0.1) is 11.3 Å². The highest BCUT2D eigenvalue weighted by Gasteiger charge is 2.61. The van der Waals surface area contributed by atoms with Crippen LogP contribution in [0.4, 0.5) is 0 Å². The van der Waals surface area contributed by atoms with Crippen LogP contribution in [0.3, 0.4) is 0 Å². The van der Waals surface area contributed by atoms with Crippen molar-refractivity contribution in [3.63, 3.8) is 0 Å². The molecule has 3 aromatic carbocycles. The molecule has 2 atom stereocenters. The zero-order chi connectivity index (χ0) is 26.0. The summed E-state index contributed by atoms with van der Waals surface area (Å²) in [6, 6.07) is 24.4. The molecule has 4 heteroatoms. The first-order chi connectivity index (χ1) is 18.3. The number of rotatable bonds is 2. The minimum Gasteiger partial charge on any atom is -0.309 e. The summed E-state index contributed by atoms with van der Waals surface area (Å²) >= 11 is 1.84. The number of aryl methyl sites for hydroxylation is 2. The fraction of sp³-hybridized carbons (Fsp3) is 0.294. The molecule has 38 heavy (non-hydrogen) atoms. The lowest BCUT2D eigenvalue weighted by Crippen LogP contribution is -2.31. The molecule has 3 aromatic heterocycles. The van der Waals surface area contributed by atoms with Crippen molar-refractivity contribution < 1.29 is 0 Å². The van der Waals surface area contributed by atoms with Gasteiger partial charge in [-0.3, -0.25) is 0 Å². The van der Waals surface area contributed by atoms with Gasteiger partial charge in [-0.1, -0.05) is 56.7 Å². The van der Waals surface area contributed by atoms with Gasteiger partial charge in [-0.05, 0) is 74.1 Å². The summed E-state index contributed by atoms with van der Waals surface area (Å²) in [5.41, 5.74) is 11.2. The van der Waals surface area contributed by atoms with Crippen molar-refractivity contribution in [1.82, 2.24) is 14.5 Å². The predicted molar refractivity (Wildman–Crippen MR) is 160 cm³/mol. The van der Waals surface area contributed by atoms with Crippen molar-refractivity contribution in [1.29, 1.82) is 0 Å². The second-order valence-electron chi connectivity index (χ2n) is 12.2. The van der Waals surface area contributed by atoms with E-state index in [-0.39, 0.29) is 10.8 Å². The first-order valence-electron chi connectivity index (χ1n) is 13.7. The van der Waals surface area contributed by atoms with Crippen molar-refractivity contribution in [3.8, 4) is 16.1 Å². The predicted octanol–water partition coefficient (Wildman–Crippen LogP) is 9.25. The molecule has 3 nitrogen and oxygen atoms in total. The van der Waals surface area contributed by atoms with E-state index in [0.29, 0.717) is 5.92 Å². The van der Waals surface area contributed by atoms with E-state index in [1.165, 1.54) is 72.6 Å². The van der Waals surface area contributed by atoms with Crippen LogP contribution in [-0.4, -0.2) is 14.5 Å². The quantitative estimate of drug-likeness (QED) is 0.231. The number of fused-ring (bicyclic) bond motifs is 9. The minimum atomic E-state index is 0.124. The fourth-order valence-electron chi connectivity index (χ4n) is 7.48. The van der Waals surface area contributed by atoms with Crippen LogP contribution in [0.2, 0.25) is 0 Å². The summed E-state index contributed by atoms with van der Waals surface area (Å²) in [5.74, 6) is 0.502. The lowest BCUT2D eigenvalue weighted by atomic mass is 9.70. The molecular weight excluding hydrogens is 482 g/mol. The van der Waals surface area contributed by atoms with Crippen LogP contribution >= 0.6 is 11.3 Å². The zero-order valence-corrected chi connectivity index (χ0v) is 23.4. The van der Waals surface area contributed by atoms with E-state index in [1.807, 2.05) is 11.3 Å². The third kappa shape index (κ3) is 2.69. The van der Waals surface area contributed by atoms with Crippen molar-refractivity contribution in [2.24, 2.45) is 5.41 Å². The highest BCUT2D eigenvalue weighted by molar-refractivity contribution is 7.17. The van der Waals surface area contributed by atoms with Crippen molar-refractivity contribution >= 4 is 44.2 Å². The summed E-state index contributed by atoms with van der Waals surface area (Å²) < 4.78 is 2.39. The molecule has 0 N–H and O–H groups in total. The Kier molecular flexibility index (Phi) is 4.33. The Morgan fingerprint density at radius 1 is 0.842 bits per heavy atom. The standard InChI is InChI=1S/C34H31N3S/c1-19-11-13-26-23(17-19)24-18-21(12-14-27(24)37(26)22-9-7-6-8-10-22)31-30-28(20(2)38-31)36-32-29(35-30)25-15-16-34(32,5)33(25,3)4/h6-14,17-18,25H,15-16H2,1-5H3. The Morgan fingerprint density at radius 3 is 2.37 bits per heavy atom. The third-order valence-corrected chi connectivity index (χ3v) is 11.1. The van der Waals surface area contributed by atoms with E-state index in [1.54, 1.807) is 0 Å². The van der Waals surface area contributed by atoms with Crippen LogP contribution in [0.1, 0.15) is 61.4 Å². The Bertz CT molecular complexity index is 1940. The van der Waals surface area contributed by atoms with Gasteiger partial charge in [0.1, 0.15) is 11.0 Å². The van der Waals surface area contributed by atoms with Crippen molar-refractivity contribution in [2.45, 2.75) is 58.8 Å². The average Bonchev–Trinajstić information content (AvgIpc) is 3.54. The smallest absolute Gasteiger partial charge is 0.108 e. The van der Waals surface area contributed by atoms with Gasteiger partial charge in [0, 0.05) is 32.7 Å². The van der Waals surface area contributed by atoms with Crippen LogP contribution in [0, 0.1) is 19.3 Å². The second-order valence-corrected chi connectivity index (χ2v) is 13.4. The molecule has 188 valence electrons. The molecule has 0 radical (unpaired) electrons. The van der Waals surface area contributed by atoms with Gasteiger partial charge in [0.05, 0.1) is 27.3 Å². The Labute approximate surface area is 227 Å². The maximum atomic E-state index is 5.43. The molecule has 2 unspecified atom stereocenters. The third-order valence-electron chi connectivity index (χ3n) is 10.0. The summed E-state index contributed by atoms with van der Waals surface area (Å²) in [6.07, 6.45) is 2.44. The van der Waals surface area contributed by atoms with E-state index >= 15 is 0 Å². The van der Waals surface area contributed by atoms with E-state index in [9.17, 15) is 0 Å². The molecule has 3 heterocycles. The monoisotopic (exact) mass is 513 g/mol. The molecule has 2 bridgehead atoms. The van der Waals surface area contributed by atoms with Gasteiger partial charge in [0.25, 0.3) is 0 Å². The Balaban J connectivity index is 1.38. The number of hydrogen-bond donors (Lipinski definition) is 0. The molecule has 0 saturated heterocycles. The van der Waals surface area contributed by atoms with Gasteiger partial charge in [-0.25, -0.2) is 9.97 Å². The molecule has 2 aliphatic rings. The van der Waals surface area contributed by atoms with Crippen LogP contribution in [-0.2, 0) is 5.41 Å². The second kappa shape index (κ2) is 7.33. The number of thiophene rings is 1. The molecular formula is C34H31N3S. The normalized spacial score (nSPS) is 21.7. The van der Waals surface area contributed by atoms with Gasteiger partial charge >= 0.3 is 0 Å². The highest BCUT2D eigenvalue weighted by Crippen LogP contribution is 2.67. The molecule has 1 fully saturated rings. The molecule has 2 aliphatic carbocycles. The maximum Gasteiger partial charge on any atom is 0.108 e. The molecule has 0 amide bonds. The van der Waals surface area contributed by atoms with Gasteiger partial charge < -0.3 is 4.57 Å². The summed E-state index contributed by atoms with van der Waals surface area (Å²) in [5, 5.41) is 2.58. The Hall–Kier alpha value is -3.50. The van der Waals surface area contributed by atoms with E-state index < -0.39 is 0 Å². The molecule has 0 aliphatic heterocycles.